The molecule has 24 heavy (non-hydrogen) atoms. The SMILES string of the molecule is O=S(=O)(c1cccc2[nH]c(-c3ccccc3)nc12)N1CCCCC1. The first-order valence-corrected chi connectivity index (χ1v) is 9.64. The fourth-order valence-electron chi connectivity index (χ4n) is 3.19. The summed E-state index contributed by atoms with van der Waals surface area (Å²) in [6, 6.07) is 15.0. The molecule has 0 amide bonds. The van der Waals surface area contributed by atoms with Crippen LogP contribution in [0.1, 0.15) is 19.3 Å². The zero-order valence-corrected chi connectivity index (χ0v) is 14.1. The number of nitrogens with zero attached hydrogens (tertiary/aromatic N) is 2. The van der Waals surface area contributed by atoms with Crippen molar-refractivity contribution in [1.29, 1.82) is 0 Å². The molecular weight excluding hydrogens is 322 g/mol. The van der Waals surface area contributed by atoms with Gasteiger partial charge in [-0.1, -0.05) is 42.8 Å². The maximum absolute atomic E-state index is 13.0. The molecule has 1 aliphatic rings. The zero-order chi connectivity index (χ0) is 16.6. The van der Waals surface area contributed by atoms with Gasteiger partial charge in [-0.2, -0.15) is 4.31 Å². The highest BCUT2D eigenvalue weighted by Crippen LogP contribution is 2.28. The second-order valence-electron chi connectivity index (χ2n) is 6.07. The largest absolute Gasteiger partial charge is 0.338 e. The van der Waals surface area contributed by atoms with Crippen molar-refractivity contribution in [1.82, 2.24) is 14.3 Å². The van der Waals surface area contributed by atoms with E-state index in [1.807, 2.05) is 36.4 Å². The summed E-state index contributed by atoms with van der Waals surface area (Å²) in [6.45, 7) is 1.18. The molecule has 1 saturated heterocycles. The van der Waals surface area contributed by atoms with Crippen molar-refractivity contribution in [2.75, 3.05) is 13.1 Å². The highest BCUT2D eigenvalue weighted by atomic mass is 32.2. The lowest BCUT2D eigenvalue weighted by atomic mass is 10.2. The van der Waals surface area contributed by atoms with Crippen LogP contribution in [0.2, 0.25) is 0 Å². The summed E-state index contributed by atoms with van der Waals surface area (Å²) in [5.74, 6) is 0.687. The summed E-state index contributed by atoms with van der Waals surface area (Å²) < 4.78 is 27.6. The van der Waals surface area contributed by atoms with Crippen LogP contribution in [0.4, 0.5) is 0 Å². The van der Waals surface area contributed by atoms with Gasteiger partial charge in [0.25, 0.3) is 0 Å². The van der Waals surface area contributed by atoms with Crippen molar-refractivity contribution in [2.24, 2.45) is 0 Å². The molecule has 1 aliphatic heterocycles. The van der Waals surface area contributed by atoms with Crippen LogP contribution in [-0.2, 0) is 10.0 Å². The summed E-state index contributed by atoms with van der Waals surface area (Å²) >= 11 is 0. The number of aromatic amines is 1. The Morgan fingerprint density at radius 1 is 0.917 bits per heavy atom. The molecule has 1 N–H and O–H groups in total. The third kappa shape index (κ3) is 2.61. The molecule has 6 heteroatoms. The van der Waals surface area contributed by atoms with Crippen molar-refractivity contribution in [3.05, 3.63) is 48.5 Å². The fraction of sp³-hybridized carbons (Fsp3) is 0.278. The third-order valence-corrected chi connectivity index (χ3v) is 6.39. The quantitative estimate of drug-likeness (QED) is 0.794. The summed E-state index contributed by atoms with van der Waals surface area (Å²) in [5.41, 5.74) is 2.20. The van der Waals surface area contributed by atoms with Crippen LogP contribution in [0.3, 0.4) is 0 Å². The molecule has 1 fully saturated rings. The first kappa shape index (κ1) is 15.4. The third-order valence-electron chi connectivity index (χ3n) is 4.46. The number of para-hydroxylation sites is 1. The van der Waals surface area contributed by atoms with Gasteiger partial charge in [0.2, 0.25) is 10.0 Å². The van der Waals surface area contributed by atoms with Crippen molar-refractivity contribution in [3.8, 4) is 11.4 Å². The normalized spacial score (nSPS) is 16.5. The van der Waals surface area contributed by atoms with Gasteiger partial charge in [-0.05, 0) is 25.0 Å². The molecule has 5 nitrogen and oxygen atoms in total. The predicted molar refractivity (Wildman–Crippen MR) is 94.1 cm³/mol. The van der Waals surface area contributed by atoms with Gasteiger partial charge in [0.05, 0.1) is 5.52 Å². The number of nitrogens with one attached hydrogen (secondary N) is 1. The average Bonchev–Trinajstić information content (AvgIpc) is 3.07. The minimum absolute atomic E-state index is 0.292. The van der Waals surface area contributed by atoms with Gasteiger partial charge in [0.1, 0.15) is 16.2 Å². The van der Waals surface area contributed by atoms with Crippen molar-refractivity contribution < 1.29 is 8.42 Å². The van der Waals surface area contributed by atoms with Gasteiger partial charge in [-0.15, -0.1) is 0 Å². The standard InChI is InChI=1S/C18H19N3O2S/c22-24(23,21-12-5-2-6-13-21)16-11-7-10-15-17(16)20-18(19-15)14-8-3-1-4-9-14/h1,3-4,7-11H,2,5-6,12-13H2,(H,19,20). The van der Waals surface area contributed by atoms with E-state index in [0.717, 1.165) is 30.3 Å². The predicted octanol–water partition coefficient (Wildman–Crippen LogP) is 3.40. The van der Waals surface area contributed by atoms with Crippen LogP contribution in [0.5, 0.6) is 0 Å². The molecule has 2 aromatic carbocycles. The lowest BCUT2D eigenvalue weighted by molar-refractivity contribution is 0.347. The Labute approximate surface area is 141 Å². The van der Waals surface area contributed by atoms with E-state index < -0.39 is 10.0 Å². The smallest absolute Gasteiger partial charge is 0.245 e. The Morgan fingerprint density at radius 2 is 1.67 bits per heavy atom. The Kier molecular flexibility index (Phi) is 3.86. The minimum Gasteiger partial charge on any atom is -0.338 e. The number of sulfonamides is 1. The maximum Gasteiger partial charge on any atom is 0.245 e. The molecule has 3 aromatic rings. The molecule has 0 unspecified atom stereocenters. The van der Waals surface area contributed by atoms with E-state index in [-0.39, 0.29) is 0 Å². The Balaban J connectivity index is 1.83. The highest BCUT2D eigenvalue weighted by Gasteiger charge is 2.28. The monoisotopic (exact) mass is 341 g/mol. The van der Waals surface area contributed by atoms with Crippen molar-refractivity contribution >= 4 is 21.1 Å². The fourth-order valence-corrected chi connectivity index (χ4v) is 4.86. The van der Waals surface area contributed by atoms with Crippen molar-refractivity contribution in [2.45, 2.75) is 24.2 Å². The molecule has 0 saturated carbocycles. The summed E-state index contributed by atoms with van der Waals surface area (Å²) in [6.07, 6.45) is 2.94. The Bertz CT molecular complexity index is 958. The van der Waals surface area contributed by atoms with E-state index in [1.54, 1.807) is 16.4 Å². The Morgan fingerprint density at radius 3 is 2.42 bits per heavy atom. The van der Waals surface area contributed by atoms with Gasteiger partial charge >= 0.3 is 0 Å². The maximum atomic E-state index is 13.0. The van der Waals surface area contributed by atoms with Crippen molar-refractivity contribution in [3.63, 3.8) is 0 Å². The Hall–Kier alpha value is -2.18. The number of hydrogen-bond acceptors (Lipinski definition) is 3. The van der Waals surface area contributed by atoms with Gasteiger partial charge in [0, 0.05) is 18.7 Å². The van der Waals surface area contributed by atoms with E-state index in [4.69, 9.17) is 0 Å². The van der Waals surface area contributed by atoms with Crippen LogP contribution in [0.25, 0.3) is 22.4 Å². The number of imidazole rings is 1. The molecule has 0 atom stereocenters. The van der Waals surface area contributed by atoms with E-state index in [0.29, 0.717) is 29.3 Å². The van der Waals surface area contributed by atoms with E-state index in [1.165, 1.54) is 0 Å². The van der Waals surface area contributed by atoms with Crippen LogP contribution in [0.15, 0.2) is 53.4 Å². The van der Waals surface area contributed by atoms with Crippen LogP contribution < -0.4 is 0 Å². The number of hydrogen-bond donors (Lipinski definition) is 1. The van der Waals surface area contributed by atoms with E-state index in [9.17, 15) is 8.42 Å². The molecule has 0 bridgehead atoms. The topological polar surface area (TPSA) is 66.1 Å². The van der Waals surface area contributed by atoms with Gasteiger partial charge in [-0.25, -0.2) is 13.4 Å². The highest BCUT2D eigenvalue weighted by molar-refractivity contribution is 7.89. The number of fused-ring (bicyclic) bond motifs is 1. The molecule has 0 aliphatic carbocycles. The molecule has 0 spiro atoms. The molecule has 4 rings (SSSR count). The second kappa shape index (κ2) is 6.03. The van der Waals surface area contributed by atoms with Crippen LogP contribution in [0, 0.1) is 0 Å². The number of aromatic nitrogens is 2. The van der Waals surface area contributed by atoms with Crippen LogP contribution >= 0.6 is 0 Å². The minimum atomic E-state index is -3.51. The first-order chi connectivity index (χ1) is 11.7. The zero-order valence-electron chi connectivity index (χ0n) is 13.3. The van der Waals surface area contributed by atoms with E-state index in [2.05, 4.69) is 9.97 Å². The van der Waals surface area contributed by atoms with Crippen LogP contribution in [-0.4, -0.2) is 35.8 Å². The second-order valence-corrected chi connectivity index (χ2v) is 7.97. The molecular formula is C18H19N3O2S. The number of piperidine rings is 1. The molecule has 1 aromatic heterocycles. The lowest BCUT2D eigenvalue weighted by Gasteiger charge is -2.25. The number of H-pyrrole nitrogens is 1. The van der Waals surface area contributed by atoms with Gasteiger partial charge in [0.15, 0.2) is 0 Å². The summed E-state index contributed by atoms with van der Waals surface area (Å²) in [5, 5.41) is 0. The number of benzene rings is 2. The summed E-state index contributed by atoms with van der Waals surface area (Å²) in [4.78, 5) is 8.11. The summed E-state index contributed by atoms with van der Waals surface area (Å²) in [7, 11) is -3.51. The van der Waals surface area contributed by atoms with Gasteiger partial charge in [-0.3, -0.25) is 0 Å². The average molecular weight is 341 g/mol. The van der Waals surface area contributed by atoms with E-state index >= 15 is 0 Å². The van der Waals surface area contributed by atoms with Gasteiger partial charge < -0.3 is 4.98 Å². The first-order valence-electron chi connectivity index (χ1n) is 8.20. The molecule has 124 valence electrons. The lowest BCUT2D eigenvalue weighted by Crippen LogP contribution is -2.35. The number of rotatable bonds is 3. The molecule has 0 radical (unpaired) electrons. The molecule has 2 heterocycles.